The van der Waals surface area contributed by atoms with Gasteiger partial charge in [0, 0.05) is 44.9 Å². The quantitative estimate of drug-likeness (QED) is 0.365. The number of nitrogens with zero attached hydrogens (tertiary/aromatic N) is 4. The molecule has 2 amide bonds. The second-order valence-electron chi connectivity index (χ2n) is 8.09. The van der Waals surface area contributed by atoms with Crippen LogP contribution in [0.3, 0.4) is 0 Å². The highest BCUT2D eigenvalue weighted by Gasteiger charge is 2.41. The van der Waals surface area contributed by atoms with E-state index in [1.54, 1.807) is 12.1 Å². The average Bonchev–Trinajstić information content (AvgIpc) is 3.08. The van der Waals surface area contributed by atoms with Crippen LogP contribution in [-0.2, 0) is 16.0 Å². The van der Waals surface area contributed by atoms with E-state index in [1.165, 1.54) is 41.3 Å². The summed E-state index contributed by atoms with van der Waals surface area (Å²) in [6.07, 6.45) is 0.405. The highest BCUT2D eigenvalue weighted by molar-refractivity contribution is 6.35. The maximum atomic E-state index is 13.4. The van der Waals surface area contributed by atoms with Gasteiger partial charge in [0.1, 0.15) is 11.5 Å². The Balaban J connectivity index is 1.63. The van der Waals surface area contributed by atoms with Crippen molar-refractivity contribution in [2.24, 2.45) is 0 Å². The van der Waals surface area contributed by atoms with Gasteiger partial charge in [-0.2, -0.15) is 0 Å². The molecule has 172 valence electrons. The summed E-state index contributed by atoms with van der Waals surface area (Å²) >= 11 is 0. The van der Waals surface area contributed by atoms with Crippen molar-refractivity contribution in [1.29, 1.82) is 0 Å². The van der Waals surface area contributed by atoms with Gasteiger partial charge in [-0.05, 0) is 48.4 Å². The zero-order valence-corrected chi connectivity index (χ0v) is 18.4. The lowest BCUT2D eigenvalue weighted by Crippen LogP contribution is -2.47. The van der Waals surface area contributed by atoms with E-state index in [0.717, 1.165) is 25.2 Å². The Labute approximate surface area is 191 Å². The minimum absolute atomic E-state index is 0.0811. The molecule has 2 aromatic rings. The van der Waals surface area contributed by atoms with E-state index in [-0.39, 0.29) is 29.5 Å². The van der Waals surface area contributed by atoms with Crippen molar-refractivity contribution in [2.45, 2.75) is 13.3 Å². The number of piperazine rings is 1. The van der Waals surface area contributed by atoms with Crippen LogP contribution < -0.4 is 0 Å². The molecular formula is C24H25FN4O4. The largest absolute Gasteiger partial charge is 0.364 e. The lowest BCUT2D eigenvalue weighted by molar-refractivity contribution is -0.384. The Morgan fingerprint density at radius 3 is 2.15 bits per heavy atom. The van der Waals surface area contributed by atoms with Gasteiger partial charge in [-0.15, -0.1) is 0 Å². The molecule has 2 heterocycles. The smallest absolute Gasteiger partial charge is 0.277 e. The fourth-order valence-corrected chi connectivity index (χ4v) is 4.25. The van der Waals surface area contributed by atoms with Gasteiger partial charge in [0.25, 0.3) is 17.5 Å². The van der Waals surface area contributed by atoms with E-state index >= 15 is 0 Å². The molecule has 2 aliphatic heterocycles. The van der Waals surface area contributed by atoms with Crippen LogP contribution in [0.15, 0.2) is 54.2 Å². The first kappa shape index (κ1) is 22.6. The number of likely N-dealkylation sites (N-methyl/N-ethyl adjacent to an activating group) is 1. The van der Waals surface area contributed by atoms with Gasteiger partial charge < -0.3 is 9.80 Å². The molecule has 2 aromatic carbocycles. The number of nitro benzene ring substituents is 1. The summed E-state index contributed by atoms with van der Waals surface area (Å²) in [5.74, 6) is -1.12. The van der Waals surface area contributed by atoms with Gasteiger partial charge in [-0.1, -0.05) is 19.1 Å². The fraction of sp³-hybridized carbons (Fsp3) is 0.333. The number of halogens is 1. The topological polar surface area (TPSA) is 87.0 Å². The third-order valence-corrected chi connectivity index (χ3v) is 6.18. The Hall–Kier alpha value is -3.59. The number of hydrogen-bond donors (Lipinski definition) is 0. The molecule has 0 spiro atoms. The van der Waals surface area contributed by atoms with Crippen LogP contribution in [0.1, 0.15) is 18.1 Å². The molecule has 2 aliphatic rings. The maximum absolute atomic E-state index is 13.4. The molecule has 0 N–H and O–H groups in total. The van der Waals surface area contributed by atoms with Crippen molar-refractivity contribution in [2.75, 3.05) is 39.3 Å². The number of non-ortho nitro benzene ring substituents is 1. The molecule has 0 bridgehead atoms. The number of imide groups is 1. The van der Waals surface area contributed by atoms with Crippen molar-refractivity contribution in [1.82, 2.24) is 14.7 Å². The number of amides is 2. The minimum Gasteiger partial charge on any atom is -0.364 e. The summed E-state index contributed by atoms with van der Waals surface area (Å²) in [7, 11) is 0. The molecule has 0 aliphatic carbocycles. The van der Waals surface area contributed by atoms with Crippen molar-refractivity contribution in [3.05, 3.63) is 81.3 Å². The van der Waals surface area contributed by atoms with Crippen LogP contribution in [0.25, 0.3) is 5.57 Å². The highest BCUT2D eigenvalue weighted by Crippen LogP contribution is 2.33. The van der Waals surface area contributed by atoms with Gasteiger partial charge in [0.05, 0.1) is 10.5 Å². The molecule has 0 unspecified atom stereocenters. The summed E-state index contributed by atoms with van der Waals surface area (Å²) in [5.41, 5.74) is 1.85. The first-order valence-corrected chi connectivity index (χ1v) is 11.0. The van der Waals surface area contributed by atoms with E-state index in [4.69, 9.17) is 0 Å². The van der Waals surface area contributed by atoms with Gasteiger partial charge in [-0.25, -0.2) is 4.39 Å². The van der Waals surface area contributed by atoms with Gasteiger partial charge in [-0.3, -0.25) is 24.6 Å². The second kappa shape index (κ2) is 9.50. The van der Waals surface area contributed by atoms with E-state index in [0.29, 0.717) is 30.8 Å². The number of carbonyl (C=O) groups is 2. The van der Waals surface area contributed by atoms with Crippen molar-refractivity contribution in [3.8, 4) is 0 Å². The van der Waals surface area contributed by atoms with Crippen LogP contribution >= 0.6 is 0 Å². The third kappa shape index (κ3) is 4.63. The predicted molar refractivity (Wildman–Crippen MR) is 121 cm³/mol. The van der Waals surface area contributed by atoms with Crippen LogP contribution in [0.5, 0.6) is 0 Å². The van der Waals surface area contributed by atoms with Crippen LogP contribution in [0.2, 0.25) is 0 Å². The number of nitro groups is 1. The van der Waals surface area contributed by atoms with E-state index in [2.05, 4.69) is 11.8 Å². The SMILES string of the molecule is CCN1CCN(C2=C(c3ccc([N+](=O)[O-])cc3)C(=O)N(CCc3ccc(F)cc3)C2=O)CC1. The third-order valence-electron chi connectivity index (χ3n) is 6.18. The number of rotatable bonds is 7. The van der Waals surface area contributed by atoms with Crippen LogP contribution in [0, 0.1) is 15.9 Å². The standard InChI is InChI=1S/C24H25FN4O4/c1-2-26-13-15-27(16-14-26)22-21(18-5-9-20(10-6-18)29(32)33)23(30)28(24(22)31)12-11-17-3-7-19(25)8-4-17/h3-10H,2,11-16H2,1H3. The number of benzene rings is 2. The Morgan fingerprint density at radius 2 is 1.58 bits per heavy atom. The summed E-state index contributed by atoms with van der Waals surface area (Å²) in [5, 5.41) is 11.0. The molecular weight excluding hydrogens is 427 g/mol. The Kier molecular flexibility index (Phi) is 6.50. The van der Waals surface area contributed by atoms with Crippen molar-refractivity contribution < 1.29 is 18.9 Å². The molecule has 4 rings (SSSR count). The minimum atomic E-state index is -0.500. The first-order chi connectivity index (χ1) is 15.9. The predicted octanol–water partition coefficient (Wildman–Crippen LogP) is 2.69. The molecule has 33 heavy (non-hydrogen) atoms. The molecule has 1 saturated heterocycles. The monoisotopic (exact) mass is 452 g/mol. The van der Waals surface area contributed by atoms with E-state index in [1.807, 2.05) is 4.90 Å². The zero-order chi connectivity index (χ0) is 23.5. The normalized spacial score (nSPS) is 17.3. The summed E-state index contributed by atoms with van der Waals surface area (Å²) in [6, 6.07) is 11.7. The first-order valence-electron chi connectivity index (χ1n) is 11.0. The maximum Gasteiger partial charge on any atom is 0.277 e. The molecule has 0 saturated carbocycles. The molecule has 0 atom stereocenters. The fourth-order valence-electron chi connectivity index (χ4n) is 4.25. The van der Waals surface area contributed by atoms with Crippen molar-refractivity contribution >= 4 is 23.1 Å². The molecule has 8 nitrogen and oxygen atoms in total. The lowest BCUT2D eigenvalue weighted by atomic mass is 10.0. The second-order valence-corrected chi connectivity index (χ2v) is 8.09. The van der Waals surface area contributed by atoms with Gasteiger partial charge in [0.15, 0.2) is 0 Å². The van der Waals surface area contributed by atoms with Gasteiger partial charge >= 0.3 is 0 Å². The summed E-state index contributed by atoms with van der Waals surface area (Å²) < 4.78 is 13.2. The van der Waals surface area contributed by atoms with E-state index in [9.17, 15) is 24.1 Å². The Bertz CT molecular complexity index is 1090. The van der Waals surface area contributed by atoms with Crippen molar-refractivity contribution in [3.63, 3.8) is 0 Å². The molecule has 1 fully saturated rings. The number of carbonyl (C=O) groups excluding carboxylic acids is 2. The molecule has 0 aromatic heterocycles. The Morgan fingerprint density at radius 1 is 0.939 bits per heavy atom. The average molecular weight is 452 g/mol. The molecule has 0 radical (unpaired) electrons. The number of hydrogen-bond acceptors (Lipinski definition) is 6. The highest BCUT2D eigenvalue weighted by atomic mass is 19.1. The van der Waals surface area contributed by atoms with E-state index < -0.39 is 10.8 Å². The lowest BCUT2D eigenvalue weighted by Gasteiger charge is -2.36. The summed E-state index contributed by atoms with van der Waals surface area (Å²) in [6.45, 7) is 5.96. The van der Waals surface area contributed by atoms with Crippen LogP contribution in [0.4, 0.5) is 10.1 Å². The zero-order valence-electron chi connectivity index (χ0n) is 18.4. The molecule has 9 heteroatoms. The van der Waals surface area contributed by atoms with Crippen LogP contribution in [-0.4, -0.2) is 70.7 Å². The van der Waals surface area contributed by atoms with Gasteiger partial charge in [0.2, 0.25) is 0 Å². The summed E-state index contributed by atoms with van der Waals surface area (Å²) in [4.78, 5) is 42.8.